The van der Waals surface area contributed by atoms with Crippen LogP contribution < -0.4 is 9.80 Å². The van der Waals surface area contributed by atoms with Crippen molar-refractivity contribution in [1.29, 1.82) is 0 Å². The third kappa shape index (κ3) is 4.31. The van der Waals surface area contributed by atoms with Crippen molar-refractivity contribution >= 4 is 40.9 Å². The molecule has 8 nitrogen and oxygen atoms in total. The Morgan fingerprint density at radius 1 is 1.24 bits per heavy atom. The number of hydrogen-bond donors (Lipinski definition) is 1. The van der Waals surface area contributed by atoms with Crippen molar-refractivity contribution < 1.29 is 24.2 Å². The van der Waals surface area contributed by atoms with Gasteiger partial charge in [0.2, 0.25) is 5.91 Å². The highest BCUT2D eigenvalue weighted by Crippen LogP contribution is 2.69. The Kier molecular flexibility index (Phi) is 8.47. The van der Waals surface area contributed by atoms with Crippen LogP contribution in [0.4, 0.5) is 11.4 Å². The number of amides is 2. The van der Waals surface area contributed by atoms with Gasteiger partial charge in [0, 0.05) is 36.3 Å². The number of ether oxygens (including phenoxy) is 1. The Balaban J connectivity index is 1.78. The first-order valence-corrected chi connectivity index (χ1v) is 14.6. The van der Waals surface area contributed by atoms with Crippen LogP contribution in [0, 0.1) is 17.8 Å². The van der Waals surface area contributed by atoms with Crippen LogP contribution in [0.5, 0.6) is 0 Å². The van der Waals surface area contributed by atoms with E-state index in [1.807, 2.05) is 24.3 Å². The van der Waals surface area contributed by atoms with Gasteiger partial charge in [-0.05, 0) is 64.3 Å². The van der Waals surface area contributed by atoms with Gasteiger partial charge in [0.15, 0.2) is 0 Å². The average molecular weight is 544 g/mol. The van der Waals surface area contributed by atoms with E-state index in [2.05, 4.69) is 32.3 Å². The highest BCUT2D eigenvalue weighted by Gasteiger charge is 2.77. The first-order valence-electron chi connectivity index (χ1n) is 13.8. The number of aliphatic hydroxyl groups excluding tert-OH is 1. The third-order valence-electron chi connectivity index (χ3n) is 8.58. The van der Waals surface area contributed by atoms with Crippen molar-refractivity contribution in [3.05, 3.63) is 36.9 Å². The standard InChI is InChI=1S/C29H41N3O5S/c1-7-15-31(21-13-11-20(12-14-21)30(8-2)9-3)27(35)25-29-18(5)16-22(38-29)23(28(36)37-10-4)24(29)26(34)32(25)19(6)17-33/h7,11-14,18-19,22-25,33H,1,8-10,15-17H2,2-6H3/t18?,19-,22-,23+,24+,25?,29?/m1/s1. The Bertz CT molecular complexity index is 1060. The predicted molar refractivity (Wildman–Crippen MR) is 151 cm³/mol. The van der Waals surface area contributed by atoms with Crippen LogP contribution in [0.2, 0.25) is 0 Å². The van der Waals surface area contributed by atoms with Gasteiger partial charge in [0.25, 0.3) is 5.91 Å². The number of fused-ring (bicyclic) bond motifs is 1. The minimum absolute atomic E-state index is 0.0394. The number of nitrogens with zero attached hydrogens (tertiary/aromatic N) is 3. The molecular weight excluding hydrogens is 502 g/mol. The van der Waals surface area contributed by atoms with Crippen LogP contribution in [0.3, 0.4) is 0 Å². The van der Waals surface area contributed by atoms with Crippen molar-refractivity contribution in [3.8, 4) is 0 Å². The van der Waals surface area contributed by atoms with Crippen molar-refractivity contribution in [2.24, 2.45) is 17.8 Å². The fraction of sp³-hybridized carbons (Fsp3) is 0.621. The van der Waals surface area contributed by atoms with Crippen molar-refractivity contribution in [3.63, 3.8) is 0 Å². The Morgan fingerprint density at radius 2 is 1.87 bits per heavy atom. The molecule has 1 spiro atoms. The van der Waals surface area contributed by atoms with E-state index < -0.39 is 28.7 Å². The summed E-state index contributed by atoms with van der Waals surface area (Å²) in [6.07, 6.45) is 2.43. The lowest BCUT2D eigenvalue weighted by Gasteiger charge is -2.41. The summed E-state index contributed by atoms with van der Waals surface area (Å²) in [6.45, 7) is 15.7. The largest absolute Gasteiger partial charge is 0.466 e. The summed E-state index contributed by atoms with van der Waals surface area (Å²) >= 11 is 1.61. The van der Waals surface area contributed by atoms with Gasteiger partial charge in [-0.1, -0.05) is 13.0 Å². The molecule has 0 radical (unpaired) electrons. The Morgan fingerprint density at radius 3 is 2.42 bits per heavy atom. The average Bonchev–Trinajstić information content (AvgIpc) is 3.51. The van der Waals surface area contributed by atoms with Crippen LogP contribution in [0.15, 0.2) is 36.9 Å². The predicted octanol–water partition coefficient (Wildman–Crippen LogP) is 3.33. The van der Waals surface area contributed by atoms with Gasteiger partial charge < -0.3 is 24.5 Å². The number of esters is 1. The first kappa shape index (κ1) is 28.5. The van der Waals surface area contributed by atoms with Gasteiger partial charge in [0.05, 0.1) is 35.8 Å². The number of carbonyl (C=O) groups excluding carboxylic acids is 3. The quantitative estimate of drug-likeness (QED) is 0.338. The molecule has 2 bridgehead atoms. The zero-order valence-corrected chi connectivity index (χ0v) is 23.9. The van der Waals surface area contributed by atoms with Gasteiger partial charge >= 0.3 is 5.97 Å². The number of benzene rings is 1. The molecule has 4 rings (SSSR count). The van der Waals surface area contributed by atoms with Gasteiger partial charge in [-0.3, -0.25) is 14.4 Å². The minimum atomic E-state index is -0.811. The fourth-order valence-corrected chi connectivity index (χ4v) is 9.23. The van der Waals surface area contributed by atoms with Crippen LogP contribution in [-0.4, -0.2) is 82.7 Å². The second-order valence-electron chi connectivity index (χ2n) is 10.5. The van der Waals surface area contributed by atoms with E-state index in [1.54, 1.807) is 41.5 Å². The summed E-state index contributed by atoms with van der Waals surface area (Å²) in [4.78, 5) is 47.2. The first-order chi connectivity index (χ1) is 18.2. The number of likely N-dealkylation sites (tertiary alicyclic amines) is 1. The zero-order chi connectivity index (χ0) is 27.8. The van der Waals surface area contributed by atoms with Crippen molar-refractivity contribution in [1.82, 2.24) is 4.90 Å². The topological polar surface area (TPSA) is 90.4 Å². The van der Waals surface area contributed by atoms with Crippen LogP contribution in [0.25, 0.3) is 0 Å². The fourth-order valence-electron chi connectivity index (χ4n) is 6.84. The summed E-state index contributed by atoms with van der Waals surface area (Å²) < 4.78 is 4.64. The zero-order valence-electron chi connectivity index (χ0n) is 23.1. The molecule has 3 saturated heterocycles. The lowest BCUT2D eigenvalue weighted by Crippen LogP contribution is -2.59. The molecule has 3 unspecified atom stereocenters. The van der Waals surface area contributed by atoms with E-state index in [1.165, 1.54) is 0 Å². The molecule has 0 aliphatic carbocycles. The van der Waals surface area contributed by atoms with Crippen molar-refractivity contribution in [2.75, 3.05) is 42.6 Å². The molecule has 3 aliphatic rings. The summed E-state index contributed by atoms with van der Waals surface area (Å²) in [5.41, 5.74) is 1.80. The van der Waals surface area contributed by atoms with Crippen LogP contribution in [0.1, 0.15) is 41.0 Å². The molecule has 7 atom stereocenters. The summed E-state index contributed by atoms with van der Waals surface area (Å²) in [5, 5.41) is 10.0. The van der Waals surface area contributed by atoms with Crippen LogP contribution in [-0.2, 0) is 19.1 Å². The molecule has 3 heterocycles. The molecule has 1 aromatic rings. The maximum absolute atomic E-state index is 14.6. The molecular formula is C29H41N3O5S. The van der Waals surface area contributed by atoms with Crippen LogP contribution >= 0.6 is 11.8 Å². The number of carbonyl (C=O) groups is 3. The van der Waals surface area contributed by atoms with E-state index in [0.717, 1.165) is 30.9 Å². The van der Waals surface area contributed by atoms with Crippen molar-refractivity contribution in [2.45, 2.75) is 63.1 Å². The lowest BCUT2D eigenvalue weighted by atomic mass is 9.66. The smallest absolute Gasteiger partial charge is 0.310 e. The summed E-state index contributed by atoms with van der Waals surface area (Å²) in [6, 6.07) is 6.51. The Labute approximate surface area is 230 Å². The maximum Gasteiger partial charge on any atom is 0.310 e. The van der Waals surface area contributed by atoms with E-state index >= 15 is 0 Å². The molecule has 38 heavy (non-hydrogen) atoms. The molecule has 208 valence electrons. The molecule has 3 aliphatic heterocycles. The second-order valence-corrected chi connectivity index (χ2v) is 12.1. The maximum atomic E-state index is 14.6. The highest BCUT2D eigenvalue weighted by molar-refractivity contribution is 8.02. The van der Waals surface area contributed by atoms with E-state index in [4.69, 9.17) is 4.74 Å². The SMILES string of the molecule is C=CCN(C(=O)C1N([C@H](C)CO)C(=O)[C@@H]2[C@@H](C(=O)OCC)[C@H]3CC(C)C12S3)c1ccc(N(CC)CC)cc1. The van der Waals surface area contributed by atoms with E-state index in [-0.39, 0.29) is 48.7 Å². The number of hydrogen-bond acceptors (Lipinski definition) is 7. The highest BCUT2D eigenvalue weighted by atomic mass is 32.2. The molecule has 0 saturated carbocycles. The third-order valence-corrected chi connectivity index (χ3v) is 10.7. The molecule has 1 aromatic carbocycles. The van der Waals surface area contributed by atoms with Gasteiger partial charge in [-0.15, -0.1) is 18.3 Å². The molecule has 9 heteroatoms. The Hall–Kier alpha value is -2.52. The molecule has 1 N–H and O–H groups in total. The summed E-state index contributed by atoms with van der Waals surface area (Å²) in [7, 11) is 0. The minimum Gasteiger partial charge on any atom is -0.466 e. The number of rotatable bonds is 11. The number of aliphatic hydroxyl groups is 1. The molecule has 3 fully saturated rings. The molecule has 0 aromatic heterocycles. The van der Waals surface area contributed by atoms with E-state index in [9.17, 15) is 19.5 Å². The normalized spacial score (nSPS) is 30.2. The van der Waals surface area contributed by atoms with Gasteiger partial charge in [-0.25, -0.2) is 0 Å². The van der Waals surface area contributed by atoms with Gasteiger partial charge in [-0.2, -0.15) is 0 Å². The summed E-state index contributed by atoms with van der Waals surface area (Å²) in [5.74, 6) is -2.01. The monoisotopic (exact) mass is 543 g/mol. The number of anilines is 2. The van der Waals surface area contributed by atoms with Gasteiger partial charge in [0.1, 0.15) is 6.04 Å². The lowest BCUT2D eigenvalue weighted by molar-refractivity contribution is -0.154. The molecule has 2 amide bonds. The second kappa shape index (κ2) is 11.3. The number of thioether (sulfide) groups is 1. The van der Waals surface area contributed by atoms with E-state index in [0.29, 0.717) is 0 Å².